The van der Waals surface area contributed by atoms with Crippen LogP contribution in [0.2, 0.25) is 0 Å². The Labute approximate surface area is 149 Å². The van der Waals surface area contributed by atoms with E-state index in [1.165, 1.54) is 22.5 Å². The first-order valence-electron chi connectivity index (χ1n) is 8.69. The molecule has 0 spiro atoms. The number of nitrogens with one attached hydrogen (secondary N) is 1. The van der Waals surface area contributed by atoms with Crippen LogP contribution in [0.15, 0.2) is 29.2 Å². The maximum absolute atomic E-state index is 13.8. The summed E-state index contributed by atoms with van der Waals surface area (Å²) in [5, 5.41) is 2.88. The Morgan fingerprint density at radius 3 is 2.48 bits per heavy atom. The highest BCUT2D eigenvalue weighted by molar-refractivity contribution is 7.89. The third-order valence-corrected chi connectivity index (χ3v) is 6.19. The first-order valence-corrected chi connectivity index (χ1v) is 10.1. The van der Waals surface area contributed by atoms with Crippen LogP contribution >= 0.6 is 0 Å². The summed E-state index contributed by atoms with van der Waals surface area (Å²) < 4.78 is 40.1. The van der Waals surface area contributed by atoms with Crippen LogP contribution in [0.5, 0.6) is 0 Å². The summed E-state index contributed by atoms with van der Waals surface area (Å²) in [4.78, 5) is 13.5. The SMILES string of the molecule is CCCCCNC(=O)CN1CCN(S(=O)(=O)c2ccccc2F)CC1. The highest BCUT2D eigenvalue weighted by Gasteiger charge is 2.30. The zero-order valence-corrected chi connectivity index (χ0v) is 15.4. The van der Waals surface area contributed by atoms with E-state index >= 15 is 0 Å². The molecule has 1 fully saturated rings. The zero-order valence-electron chi connectivity index (χ0n) is 14.6. The fourth-order valence-electron chi connectivity index (χ4n) is 2.78. The van der Waals surface area contributed by atoms with Gasteiger partial charge in [0.05, 0.1) is 6.54 Å². The number of piperazine rings is 1. The van der Waals surface area contributed by atoms with Gasteiger partial charge in [-0.25, -0.2) is 12.8 Å². The molecule has 1 aromatic rings. The van der Waals surface area contributed by atoms with Gasteiger partial charge in [-0.05, 0) is 18.6 Å². The minimum atomic E-state index is -3.83. The first-order chi connectivity index (χ1) is 11.9. The van der Waals surface area contributed by atoms with Gasteiger partial charge in [-0.1, -0.05) is 31.9 Å². The van der Waals surface area contributed by atoms with Crippen LogP contribution in [0.1, 0.15) is 26.2 Å². The molecule has 25 heavy (non-hydrogen) atoms. The van der Waals surface area contributed by atoms with Crippen molar-refractivity contribution >= 4 is 15.9 Å². The number of carbonyl (C=O) groups is 1. The van der Waals surface area contributed by atoms with Crippen molar-refractivity contribution in [2.45, 2.75) is 31.1 Å². The molecular formula is C17H26FN3O3S. The van der Waals surface area contributed by atoms with Gasteiger partial charge in [0.2, 0.25) is 15.9 Å². The van der Waals surface area contributed by atoms with Gasteiger partial charge in [-0.2, -0.15) is 4.31 Å². The topological polar surface area (TPSA) is 69.7 Å². The van der Waals surface area contributed by atoms with Crippen LogP contribution in [0, 0.1) is 5.82 Å². The van der Waals surface area contributed by atoms with Crippen LogP contribution < -0.4 is 5.32 Å². The van der Waals surface area contributed by atoms with E-state index < -0.39 is 15.8 Å². The van der Waals surface area contributed by atoms with E-state index in [1.807, 2.05) is 4.90 Å². The molecular weight excluding hydrogens is 345 g/mol. The molecule has 0 unspecified atom stereocenters. The van der Waals surface area contributed by atoms with Gasteiger partial charge in [0.15, 0.2) is 0 Å². The van der Waals surface area contributed by atoms with Crippen LogP contribution in [0.25, 0.3) is 0 Å². The molecule has 0 aliphatic carbocycles. The Morgan fingerprint density at radius 1 is 1.16 bits per heavy atom. The minimum Gasteiger partial charge on any atom is -0.355 e. The van der Waals surface area contributed by atoms with Crippen molar-refractivity contribution in [3.8, 4) is 0 Å². The molecule has 140 valence electrons. The van der Waals surface area contributed by atoms with E-state index in [0.717, 1.165) is 25.3 Å². The smallest absolute Gasteiger partial charge is 0.246 e. The highest BCUT2D eigenvalue weighted by atomic mass is 32.2. The first kappa shape index (κ1) is 19.8. The lowest BCUT2D eigenvalue weighted by atomic mass is 10.2. The summed E-state index contributed by atoms with van der Waals surface area (Å²) in [6.07, 6.45) is 3.16. The van der Waals surface area contributed by atoms with Gasteiger partial charge in [0.25, 0.3) is 0 Å². The van der Waals surface area contributed by atoms with Gasteiger partial charge < -0.3 is 5.32 Å². The van der Waals surface area contributed by atoms with Crippen molar-refractivity contribution < 1.29 is 17.6 Å². The summed E-state index contributed by atoms with van der Waals surface area (Å²) in [6.45, 7) is 4.45. The number of halogens is 1. The predicted octanol–water partition coefficient (Wildman–Crippen LogP) is 1.44. The van der Waals surface area contributed by atoms with Crippen molar-refractivity contribution in [2.24, 2.45) is 0 Å². The van der Waals surface area contributed by atoms with Crippen LogP contribution in [0.3, 0.4) is 0 Å². The molecule has 0 aromatic heterocycles. The number of amides is 1. The fourth-order valence-corrected chi connectivity index (χ4v) is 4.27. The lowest BCUT2D eigenvalue weighted by Crippen LogP contribution is -2.51. The Hall–Kier alpha value is -1.51. The molecule has 0 atom stereocenters. The quantitative estimate of drug-likeness (QED) is 0.702. The van der Waals surface area contributed by atoms with Crippen molar-refractivity contribution in [1.82, 2.24) is 14.5 Å². The number of hydrogen-bond donors (Lipinski definition) is 1. The molecule has 8 heteroatoms. The lowest BCUT2D eigenvalue weighted by Gasteiger charge is -2.33. The van der Waals surface area contributed by atoms with E-state index in [-0.39, 0.29) is 30.4 Å². The largest absolute Gasteiger partial charge is 0.355 e. The molecule has 1 aliphatic heterocycles. The maximum Gasteiger partial charge on any atom is 0.246 e. The van der Waals surface area contributed by atoms with Crippen molar-refractivity contribution in [3.63, 3.8) is 0 Å². The number of sulfonamides is 1. The van der Waals surface area contributed by atoms with E-state index in [9.17, 15) is 17.6 Å². The molecule has 0 bridgehead atoms. The molecule has 1 heterocycles. The predicted molar refractivity (Wildman–Crippen MR) is 94.1 cm³/mol. The number of unbranched alkanes of at least 4 members (excludes halogenated alkanes) is 2. The second-order valence-corrected chi connectivity index (χ2v) is 8.07. The van der Waals surface area contributed by atoms with Crippen LogP contribution in [-0.4, -0.2) is 62.8 Å². The number of carbonyl (C=O) groups excluding carboxylic acids is 1. The molecule has 0 saturated carbocycles. The van der Waals surface area contributed by atoms with Crippen molar-refractivity contribution in [1.29, 1.82) is 0 Å². The summed E-state index contributed by atoms with van der Waals surface area (Å²) in [6, 6.07) is 5.40. The van der Waals surface area contributed by atoms with Gasteiger partial charge in [-0.15, -0.1) is 0 Å². The van der Waals surface area contributed by atoms with Crippen LogP contribution in [-0.2, 0) is 14.8 Å². The molecule has 0 radical (unpaired) electrons. The molecule has 2 rings (SSSR count). The van der Waals surface area contributed by atoms with Gasteiger partial charge in [0.1, 0.15) is 10.7 Å². The van der Waals surface area contributed by atoms with Crippen molar-refractivity contribution in [2.75, 3.05) is 39.3 Å². The number of benzene rings is 1. The van der Waals surface area contributed by atoms with Gasteiger partial charge in [0, 0.05) is 32.7 Å². The molecule has 1 aromatic carbocycles. The Bertz CT molecular complexity index is 673. The number of nitrogens with zero attached hydrogens (tertiary/aromatic N) is 2. The molecule has 6 nitrogen and oxygen atoms in total. The standard InChI is InChI=1S/C17H26FN3O3S/c1-2-3-6-9-19-17(22)14-20-10-12-21(13-11-20)25(23,24)16-8-5-4-7-15(16)18/h4-5,7-8H,2-3,6,9-14H2,1H3,(H,19,22). The third kappa shape index (κ3) is 5.49. The Balaban J connectivity index is 1.83. The summed E-state index contributed by atoms with van der Waals surface area (Å²) in [5.41, 5.74) is 0. The lowest BCUT2D eigenvalue weighted by molar-refractivity contribution is -0.122. The number of hydrogen-bond acceptors (Lipinski definition) is 4. The molecule has 1 aliphatic rings. The Kier molecular flexibility index (Phi) is 7.34. The van der Waals surface area contributed by atoms with Crippen molar-refractivity contribution in [3.05, 3.63) is 30.1 Å². The van der Waals surface area contributed by atoms with E-state index in [1.54, 1.807) is 0 Å². The monoisotopic (exact) mass is 371 g/mol. The normalized spacial score (nSPS) is 16.7. The van der Waals surface area contributed by atoms with E-state index in [4.69, 9.17) is 0 Å². The summed E-state index contributed by atoms with van der Waals surface area (Å²) >= 11 is 0. The second-order valence-electron chi connectivity index (χ2n) is 6.17. The Morgan fingerprint density at radius 2 is 1.84 bits per heavy atom. The number of rotatable bonds is 8. The summed E-state index contributed by atoms with van der Waals surface area (Å²) in [5.74, 6) is -0.780. The average molecular weight is 371 g/mol. The molecule has 1 amide bonds. The van der Waals surface area contributed by atoms with Gasteiger partial charge in [-0.3, -0.25) is 9.69 Å². The zero-order chi connectivity index (χ0) is 18.3. The van der Waals surface area contributed by atoms with Gasteiger partial charge >= 0.3 is 0 Å². The fraction of sp³-hybridized carbons (Fsp3) is 0.588. The summed E-state index contributed by atoms with van der Waals surface area (Å²) in [7, 11) is -3.83. The van der Waals surface area contributed by atoms with Crippen LogP contribution in [0.4, 0.5) is 4.39 Å². The van der Waals surface area contributed by atoms with E-state index in [0.29, 0.717) is 19.6 Å². The highest BCUT2D eigenvalue weighted by Crippen LogP contribution is 2.20. The molecule has 1 N–H and O–H groups in total. The second kappa shape index (κ2) is 9.26. The molecule has 1 saturated heterocycles. The maximum atomic E-state index is 13.8. The minimum absolute atomic E-state index is 0.0403. The average Bonchev–Trinajstić information content (AvgIpc) is 2.59. The van der Waals surface area contributed by atoms with E-state index in [2.05, 4.69) is 12.2 Å². The third-order valence-electron chi connectivity index (χ3n) is 4.26.